The number of nitrogens with zero attached hydrogens (tertiary/aromatic N) is 1. The zero-order valence-corrected chi connectivity index (χ0v) is 15.4. The molecular formula is C22H29N. The van der Waals surface area contributed by atoms with Gasteiger partial charge in [-0.15, -0.1) is 0 Å². The molecule has 0 atom stereocenters. The fraction of sp³-hybridized carbons (Fsp3) is 0.318. The van der Waals surface area contributed by atoms with Crippen LogP contribution in [0.3, 0.4) is 0 Å². The Balaban J connectivity index is 0.000000615. The molecule has 122 valence electrons. The maximum absolute atomic E-state index is 4.70. The van der Waals surface area contributed by atoms with Gasteiger partial charge >= 0.3 is 0 Å². The highest BCUT2D eigenvalue weighted by Crippen LogP contribution is 2.20. The van der Waals surface area contributed by atoms with Crippen LogP contribution in [0.2, 0.25) is 0 Å². The number of rotatable bonds is 2. The Morgan fingerprint density at radius 1 is 0.739 bits per heavy atom. The Morgan fingerprint density at radius 2 is 1.35 bits per heavy atom. The molecule has 0 aliphatic carbocycles. The summed E-state index contributed by atoms with van der Waals surface area (Å²) < 4.78 is 0. The number of benzene rings is 2. The number of fused-ring (bicyclic) bond motifs is 1. The molecule has 0 amide bonds. The van der Waals surface area contributed by atoms with E-state index in [4.69, 9.17) is 4.98 Å². The minimum Gasteiger partial charge on any atom is -0.253 e. The highest BCUT2D eigenvalue weighted by atomic mass is 14.7. The van der Waals surface area contributed by atoms with E-state index in [0.717, 1.165) is 17.6 Å². The third-order valence-electron chi connectivity index (χ3n) is 3.66. The van der Waals surface area contributed by atoms with Crippen LogP contribution in [0.15, 0.2) is 54.6 Å². The Morgan fingerprint density at radius 3 is 2.04 bits per heavy atom. The summed E-state index contributed by atoms with van der Waals surface area (Å²) in [6.45, 7) is 12.3. The monoisotopic (exact) mass is 307 g/mol. The minimum absolute atomic E-state index is 0.955. The second-order valence-corrected chi connectivity index (χ2v) is 5.03. The van der Waals surface area contributed by atoms with Crippen LogP contribution in [-0.2, 0) is 6.42 Å². The lowest BCUT2D eigenvalue weighted by Crippen LogP contribution is -1.97. The standard InChI is InChI=1S/C18H17N.2C2H6/c1-13-7-3-4-8-15(13)11-17-12-16-9-5-6-10-18(16)19-14(17)2;2*1-2/h3-10,12H,11H2,1-2H3;2*1-2H3. The molecule has 0 aliphatic rings. The quantitative estimate of drug-likeness (QED) is 0.527. The summed E-state index contributed by atoms with van der Waals surface area (Å²) in [4.78, 5) is 4.70. The zero-order chi connectivity index (χ0) is 17.2. The molecule has 0 radical (unpaired) electrons. The molecule has 0 spiro atoms. The predicted octanol–water partition coefficient (Wildman–Crippen LogP) is 6.49. The summed E-state index contributed by atoms with van der Waals surface area (Å²) in [5, 5.41) is 1.22. The number of hydrogen-bond acceptors (Lipinski definition) is 1. The van der Waals surface area contributed by atoms with E-state index < -0.39 is 0 Å². The van der Waals surface area contributed by atoms with Crippen molar-refractivity contribution in [2.75, 3.05) is 0 Å². The van der Waals surface area contributed by atoms with Gasteiger partial charge < -0.3 is 0 Å². The normalized spacial score (nSPS) is 9.48. The van der Waals surface area contributed by atoms with Gasteiger partial charge in [-0.1, -0.05) is 70.2 Å². The van der Waals surface area contributed by atoms with Gasteiger partial charge in [-0.25, -0.2) is 0 Å². The molecule has 3 rings (SSSR count). The van der Waals surface area contributed by atoms with E-state index in [-0.39, 0.29) is 0 Å². The summed E-state index contributed by atoms with van der Waals surface area (Å²) in [6, 6.07) is 19.1. The van der Waals surface area contributed by atoms with E-state index in [9.17, 15) is 0 Å². The molecule has 0 aliphatic heterocycles. The molecule has 23 heavy (non-hydrogen) atoms. The highest BCUT2D eigenvalue weighted by molar-refractivity contribution is 5.79. The van der Waals surface area contributed by atoms with Crippen molar-refractivity contribution in [2.24, 2.45) is 0 Å². The van der Waals surface area contributed by atoms with Crippen LogP contribution in [0.5, 0.6) is 0 Å². The van der Waals surface area contributed by atoms with E-state index in [1.54, 1.807) is 0 Å². The average molecular weight is 307 g/mol. The maximum atomic E-state index is 4.70. The summed E-state index contributed by atoms with van der Waals surface area (Å²) in [6.07, 6.45) is 0.955. The van der Waals surface area contributed by atoms with Crippen LogP contribution < -0.4 is 0 Å². The van der Waals surface area contributed by atoms with Gasteiger partial charge in [0.2, 0.25) is 0 Å². The first-order chi connectivity index (χ1) is 11.2. The molecule has 0 N–H and O–H groups in total. The lowest BCUT2D eigenvalue weighted by atomic mass is 9.98. The van der Waals surface area contributed by atoms with Crippen molar-refractivity contribution in [1.29, 1.82) is 0 Å². The number of aryl methyl sites for hydroxylation is 2. The topological polar surface area (TPSA) is 12.9 Å². The first-order valence-electron chi connectivity index (χ1n) is 8.64. The van der Waals surface area contributed by atoms with Gasteiger partial charge in [-0.3, -0.25) is 4.98 Å². The number of hydrogen-bond donors (Lipinski definition) is 0. The van der Waals surface area contributed by atoms with Crippen LogP contribution in [0.25, 0.3) is 10.9 Å². The van der Waals surface area contributed by atoms with Crippen molar-refractivity contribution in [3.8, 4) is 0 Å². The molecule has 0 unspecified atom stereocenters. The van der Waals surface area contributed by atoms with Gasteiger partial charge in [-0.05, 0) is 49.1 Å². The van der Waals surface area contributed by atoms with E-state index in [2.05, 4.69) is 62.4 Å². The van der Waals surface area contributed by atoms with Crippen LogP contribution in [0, 0.1) is 13.8 Å². The molecule has 1 aromatic heterocycles. The molecule has 2 aromatic carbocycles. The van der Waals surface area contributed by atoms with Crippen LogP contribution >= 0.6 is 0 Å². The number of para-hydroxylation sites is 1. The Labute approximate surface area is 141 Å². The van der Waals surface area contributed by atoms with Gasteiger partial charge in [0, 0.05) is 11.1 Å². The van der Waals surface area contributed by atoms with Crippen LogP contribution in [0.4, 0.5) is 0 Å². The molecular weight excluding hydrogens is 278 g/mol. The van der Waals surface area contributed by atoms with Gasteiger partial charge in [0.15, 0.2) is 0 Å². The summed E-state index contributed by atoms with van der Waals surface area (Å²) in [5.74, 6) is 0. The molecule has 0 saturated heterocycles. The smallest absolute Gasteiger partial charge is 0.0705 e. The van der Waals surface area contributed by atoms with Gasteiger partial charge in [0.05, 0.1) is 5.52 Å². The minimum atomic E-state index is 0.955. The van der Waals surface area contributed by atoms with Gasteiger partial charge in [-0.2, -0.15) is 0 Å². The molecule has 1 heteroatoms. The van der Waals surface area contributed by atoms with E-state index in [1.165, 1.54) is 22.1 Å². The third kappa shape index (κ3) is 4.92. The van der Waals surface area contributed by atoms with Gasteiger partial charge in [0.25, 0.3) is 0 Å². The molecule has 0 bridgehead atoms. The molecule has 1 nitrogen and oxygen atoms in total. The predicted molar refractivity (Wildman–Crippen MR) is 103 cm³/mol. The Hall–Kier alpha value is -2.15. The first kappa shape index (κ1) is 18.9. The lowest BCUT2D eigenvalue weighted by molar-refractivity contribution is 1.09. The average Bonchev–Trinajstić information content (AvgIpc) is 2.61. The van der Waals surface area contributed by atoms with E-state index in [1.807, 2.05) is 33.8 Å². The first-order valence-corrected chi connectivity index (χ1v) is 8.64. The van der Waals surface area contributed by atoms with Crippen molar-refractivity contribution < 1.29 is 0 Å². The van der Waals surface area contributed by atoms with Crippen LogP contribution in [0.1, 0.15) is 50.1 Å². The van der Waals surface area contributed by atoms with Crippen molar-refractivity contribution in [3.05, 3.63) is 77.0 Å². The SMILES string of the molecule is CC.CC.Cc1ccccc1Cc1cc2ccccc2nc1C. The molecule has 0 fully saturated rings. The maximum Gasteiger partial charge on any atom is 0.0705 e. The number of pyridine rings is 1. The van der Waals surface area contributed by atoms with Crippen molar-refractivity contribution in [1.82, 2.24) is 4.98 Å². The van der Waals surface area contributed by atoms with Crippen LogP contribution in [-0.4, -0.2) is 4.98 Å². The lowest BCUT2D eigenvalue weighted by Gasteiger charge is -2.09. The largest absolute Gasteiger partial charge is 0.253 e. The second-order valence-electron chi connectivity index (χ2n) is 5.03. The molecule has 0 saturated carbocycles. The molecule has 3 aromatic rings. The summed E-state index contributed by atoms with van der Waals surface area (Å²) in [5.41, 5.74) is 6.24. The Bertz CT molecular complexity index is 729. The third-order valence-corrected chi connectivity index (χ3v) is 3.66. The van der Waals surface area contributed by atoms with Crippen molar-refractivity contribution >= 4 is 10.9 Å². The summed E-state index contributed by atoms with van der Waals surface area (Å²) >= 11 is 0. The number of aromatic nitrogens is 1. The van der Waals surface area contributed by atoms with Gasteiger partial charge in [0.1, 0.15) is 0 Å². The Kier molecular flexibility index (Phi) is 8.04. The summed E-state index contributed by atoms with van der Waals surface area (Å²) in [7, 11) is 0. The van der Waals surface area contributed by atoms with Crippen molar-refractivity contribution in [2.45, 2.75) is 48.0 Å². The fourth-order valence-electron chi connectivity index (χ4n) is 2.45. The van der Waals surface area contributed by atoms with Crippen molar-refractivity contribution in [3.63, 3.8) is 0 Å². The fourth-order valence-corrected chi connectivity index (χ4v) is 2.45. The zero-order valence-electron chi connectivity index (χ0n) is 15.4. The second kappa shape index (κ2) is 9.78. The van der Waals surface area contributed by atoms with E-state index >= 15 is 0 Å². The molecule has 1 heterocycles. The highest BCUT2D eigenvalue weighted by Gasteiger charge is 2.05. The van der Waals surface area contributed by atoms with E-state index in [0.29, 0.717) is 0 Å².